The molecule has 0 amide bonds. The van der Waals surface area contributed by atoms with E-state index in [4.69, 9.17) is 16.3 Å². The normalized spacial score (nSPS) is 13.5. The Morgan fingerprint density at radius 2 is 1.76 bits per heavy atom. The minimum atomic E-state index is -0.934. The van der Waals surface area contributed by atoms with Crippen LogP contribution in [0.4, 0.5) is 4.39 Å². The van der Waals surface area contributed by atoms with Gasteiger partial charge in [-0.3, -0.25) is 0 Å². The van der Waals surface area contributed by atoms with Gasteiger partial charge < -0.3 is 20.3 Å². The Balaban J connectivity index is 1.63. The molecule has 0 heterocycles. The topological polar surface area (TPSA) is 78.8 Å². The number of ether oxygens (including phenoxy) is 1. The van der Waals surface area contributed by atoms with Crippen LogP contribution in [0, 0.1) is 5.82 Å². The molecule has 7 heteroatoms. The average Bonchev–Trinajstić information content (AvgIpc) is 2.87. The molecule has 0 aliphatic heterocycles. The van der Waals surface area contributed by atoms with E-state index in [1.165, 1.54) is 6.07 Å². The van der Waals surface area contributed by atoms with E-state index in [1.807, 2.05) is 71.0 Å². The Kier molecular flexibility index (Phi) is 10.1. The zero-order valence-corrected chi connectivity index (χ0v) is 23.3. The second-order valence-electron chi connectivity index (χ2n) is 10.7. The van der Waals surface area contributed by atoms with Crippen LogP contribution in [0.1, 0.15) is 73.7 Å². The Morgan fingerprint density at radius 1 is 1.05 bits per heavy atom. The third kappa shape index (κ3) is 7.87. The van der Waals surface area contributed by atoms with Gasteiger partial charge in [-0.25, -0.2) is 9.18 Å². The fourth-order valence-corrected chi connectivity index (χ4v) is 4.66. The minimum absolute atomic E-state index is 0.0625. The first-order chi connectivity index (χ1) is 17.9. The molecular formula is C31H37ClFNO4. The van der Waals surface area contributed by atoms with Gasteiger partial charge in [0, 0.05) is 12.1 Å². The maximum Gasteiger partial charge on any atom is 0.335 e. The summed E-state index contributed by atoms with van der Waals surface area (Å²) in [6, 6.07) is 18.1. The van der Waals surface area contributed by atoms with Crippen molar-refractivity contribution in [2.24, 2.45) is 0 Å². The van der Waals surface area contributed by atoms with Crippen LogP contribution < -0.4 is 5.32 Å². The molecule has 0 bridgehead atoms. The molecule has 38 heavy (non-hydrogen) atoms. The molecule has 3 aromatic rings. The second-order valence-corrected chi connectivity index (χ2v) is 11.1. The summed E-state index contributed by atoms with van der Waals surface area (Å²) in [7, 11) is 0. The number of halogens is 2. The lowest BCUT2D eigenvalue weighted by Gasteiger charge is -2.28. The fourth-order valence-electron chi connectivity index (χ4n) is 4.54. The van der Waals surface area contributed by atoms with Crippen LogP contribution in [0.15, 0.2) is 60.7 Å². The van der Waals surface area contributed by atoms with Gasteiger partial charge in [0.25, 0.3) is 0 Å². The Hall–Kier alpha value is -2.77. The highest BCUT2D eigenvalue weighted by Gasteiger charge is 2.21. The molecule has 2 atom stereocenters. The van der Waals surface area contributed by atoms with Crippen molar-refractivity contribution in [1.29, 1.82) is 0 Å². The lowest BCUT2D eigenvalue weighted by molar-refractivity contribution is -0.00397. The number of nitrogens with one attached hydrogen (secondary N) is 1. The maximum atomic E-state index is 13.8. The number of hydrogen-bond acceptors (Lipinski definition) is 4. The van der Waals surface area contributed by atoms with E-state index >= 15 is 0 Å². The van der Waals surface area contributed by atoms with Crippen LogP contribution in [0.5, 0.6) is 0 Å². The largest absolute Gasteiger partial charge is 0.478 e. The molecule has 0 saturated carbocycles. The van der Waals surface area contributed by atoms with E-state index in [0.717, 1.165) is 27.8 Å². The monoisotopic (exact) mass is 541 g/mol. The number of β-amino-alcohol motifs (C(OH)–C–C–N with tert-alkyl or cyclic N) is 1. The highest BCUT2D eigenvalue weighted by atomic mass is 35.5. The Labute approximate surface area is 229 Å². The summed E-state index contributed by atoms with van der Waals surface area (Å²) in [5.74, 6) is -1.32. The number of aromatic carboxylic acids is 1. The molecule has 3 N–H and O–H groups in total. The molecule has 0 aliphatic rings. The number of rotatable bonds is 12. The van der Waals surface area contributed by atoms with Crippen LogP contribution in [-0.4, -0.2) is 41.0 Å². The summed E-state index contributed by atoms with van der Waals surface area (Å²) in [4.78, 5) is 11.7. The van der Waals surface area contributed by atoms with Gasteiger partial charge in [0.05, 0.1) is 29.4 Å². The molecule has 0 radical (unpaired) electrons. The lowest BCUT2D eigenvalue weighted by atomic mass is 9.90. The van der Waals surface area contributed by atoms with E-state index in [9.17, 15) is 19.4 Å². The number of carboxylic acid groups (broad SMARTS) is 1. The summed E-state index contributed by atoms with van der Waals surface area (Å²) in [5.41, 5.74) is 4.37. The van der Waals surface area contributed by atoms with Crippen molar-refractivity contribution in [3.05, 3.63) is 93.8 Å². The number of hydrogen-bond donors (Lipinski definition) is 3. The molecule has 204 valence electrons. The Bertz CT molecular complexity index is 1260. The summed E-state index contributed by atoms with van der Waals surface area (Å²) in [6.45, 7) is 10.3. The quantitative estimate of drug-likeness (QED) is 0.230. The molecule has 0 spiro atoms. The molecule has 0 fully saturated rings. The van der Waals surface area contributed by atoms with E-state index in [2.05, 4.69) is 5.32 Å². The molecule has 0 aliphatic carbocycles. The van der Waals surface area contributed by atoms with Gasteiger partial charge >= 0.3 is 5.97 Å². The summed E-state index contributed by atoms with van der Waals surface area (Å²) in [5, 5.41) is 23.6. The van der Waals surface area contributed by atoms with Crippen LogP contribution in [-0.2, 0) is 11.2 Å². The van der Waals surface area contributed by atoms with Crippen LogP contribution in [0.25, 0.3) is 11.1 Å². The van der Waals surface area contributed by atoms with Crippen LogP contribution in [0.3, 0.4) is 0 Å². The van der Waals surface area contributed by atoms with Gasteiger partial charge in [-0.15, -0.1) is 0 Å². The molecule has 5 nitrogen and oxygen atoms in total. The molecule has 0 saturated heterocycles. The van der Waals surface area contributed by atoms with Crippen molar-refractivity contribution in [1.82, 2.24) is 5.32 Å². The van der Waals surface area contributed by atoms with E-state index in [-0.39, 0.29) is 29.2 Å². The summed E-state index contributed by atoms with van der Waals surface area (Å²) >= 11 is 5.78. The zero-order valence-electron chi connectivity index (χ0n) is 22.6. The van der Waals surface area contributed by atoms with E-state index in [0.29, 0.717) is 18.5 Å². The fraction of sp³-hybridized carbons (Fsp3) is 0.387. The number of carbonyl (C=O) groups is 1. The number of aliphatic hydroxyl groups is 1. The Morgan fingerprint density at radius 3 is 2.42 bits per heavy atom. The van der Waals surface area contributed by atoms with Crippen molar-refractivity contribution in [3.63, 3.8) is 0 Å². The highest BCUT2D eigenvalue weighted by Crippen LogP contribution is 2.33. The third-order valence-corrected chi connectivity index (χ3v) is 6.91. The highest BCUT2D eigenvalue weighted by molar-refractivity contribution is 6.30. The third-order valence-electron chi connectivity index (χ3n) is 6.60. The number of aliphatic hydroxyl groups excluding tert-OH is 1. The molecule has 3 aromatic carbocycles. The second kappa shape index (κ2) is 12.9. The smallest absolute Gasteiger partial charge is 0.335 e. The van der Waals surface area contributed by atoms with Gasteiger partial charge in [0.1, 0.15) is 5.82 Å². The van der Waals surface area contributed by atoms with Gasteiger partial charge in [-0.2, -0.15) is 0 Å². The predicted octanol–water partition coefficient (Wildman–Crippen LogP) is 7.02. The van der Waals surface area contributed by atoms with Crippen molar-refractivity contribution in [2.45, 2.75) is 64.7 Å². The maximum absolute atomic E-state index is 13.8. The predicted molar refractivity (Wildman–Crippen MR) is 150 cm³/mol. The van der Waals surface area contributed by atoms with Gasteiger partial charge in [0.15, 0.2) is 0 Å². The first-order valence-corrected chi connectivity index (χ1v) is 13.2. The van der Waals surface area contributed by atoms with Crippen LogP contribution >= 0.6 is 11.6 Å². The first-order valence-electron chi connectivity index (χ1n) is 12.8. The zero-order chi connectivity index (χ0) is 28.0. The standard InChI is InChI=1S/C31H37ClFNO4/c1-19(2)27-15-22(11-12-26(27)30(36)37)25-9-7-6-8-24(25)20(3)38-18-23(35)17-34-31(4,5)16-21-10-13-28(32)29(33)14-21/h6-15,19-20,23,34-35H,16-18H2,1-5H3,(H,36,37)/t20?,23-/m1/s1. The SMILES string of the molecule is CC(C)c1cc(-c2ccccc2C(C)OC[C@H](O)CNC(C)(C)Cc2ccc(Cl)c(F)c2)ccc1C(=O)O. The molecule has 3 rings (SSSR count). The van der Waals surface area contributed by atoms with E-state index < -0.39 is 17.9 Å². The minimum Gasteiger partial charge on any atom is -0.478 e. The lowest BCUT2D eigenvalue weighted by Crippen LogP contribution is -2.46. The molecule has 1 unspecified atom stereocenters. The molecular weight excluding hydrogens is 505 g/mol. The van der Waals surface area contributed by atoms with Crippen molar-refractivity contribution < 1.29 is 24.1 Å². The van der Waals surface area contributed by atoms with Gasteiger partial charge in [-0.1, -0.05) is 67.9 Å². The number of carboxylic acids is 1. The van der Waals surface area contributed by atoms with Crippen molar-refractivity contribution in [2.75, 3.05) is 13.2 Å². The van der Waals surface area contributed by atoms with E-state index in [1.54, 1.807) is 18.2 Å². The summed E-state index contributed by atoms with van der Waals surface area (Å²) in [6.07, 6.45) is -0.474. The molecule has 0 aromatic heterocycles. The van der Waals surface area contributed by atoms with Gasteiger partial charge in [-0.05, 0) is 79.1 Å². The average molecular weight is 542 g/mol. The first kappa shape index (κ1) is 29.8. The number of benzene rings is 3. The van der Waals surface area contributed by atoms with Crippen LogP contribution in [0.2, 0.25) is 5.02 Å². The summed E-state index contributed by atoms with van der Waals surface area (Å²) < 4.78 is 19.8. The van der Waals surface area contributed by atoms with Crippen molar-refractivity contribution >= 4 is 17.6 Å². The van der Waals surface area contributed by atoms with Gasteiger partial charge in [0.2, 0.25) is 0 Å². The van der Waals surface area contributed by atoms with Crippen molar-refractivity contribution in [3.8, 4) is 11.1 Å².